The second kappa shape index (κ2) is 4.87. The Hall–Kier alpha value is -2.36. The maximum Gasteiger partial charge on any atom is 0.339 e. The number of carbonyl (C=O) groups is 2. The van der Waals surface area contributed by atoms with E-state index >= 15 is 0 Å². The van der Waals surface area contributed by atoms with Gasteiger partial charge in [0.25, 0.3) is 0 Å². The van der Waals surface area contributed by atoms with Crippen molar-refractivity contribution in [2.45, 2.75) is 6.92 Å². The molecular weight excluding hydrogens is 232 g/mol. The molecule has 2 aromatic rings. The standard InChI is InChI=1S/C14H12O4/c1-2-18-14(17)11-8-7-9-5-3-4-6-10(9)12(11)13(15)16/h3-8H,2H2,1H3,(H,15,16). The van der Waals surface area contributed by atoms with Crippen molar-refractivity contribution in [3.05, 3.63) is 47.5 Å². The third-order valence-electron chi connectivity index (χ3n) is 2.64. The van der Waals surface area contributed by atoms with Gasteiger partial charge in [-0.2, -0.15) is 0 Å². The Labute approximate surface area is 104 Å². The zero-order chi connectivity index (χ0) is 13.1. The lowest BCUT2D eigenvalue weighted by atomic mass is 9.99. The number of carboxylic acid groups (broad SMARTS) is 1. The molecule has 4 nitrogen and oxygen atoms in total. The first-order chi connectivity index (χ1) is 8.65. The number of benzene rings is 2. The van der Waals surface area contributed by atoms with E-state index in [1.807, 2.05) is 6.07 Å². The molecular formula is C14H12O4. The van der Waals surface area contributed by atoms with E-state index in [0.717, 1.165) is 5.39 Å². The highest BCUT2D eigenvalue weighted by Crippen LogP contribution is 2.23. The van der Waals surface area contributed by atoms with Crippen molar-refractivity contribution in [3.63, 3.8) is 0 Å². The number of hydrogen-bond donors (Lipinski definition) is 1. The fourth-order valence-corrected chi connectivity index (χ4v) is 1.88. The normalized spacial score (nSPS) is 10.3. The Morgan fingerprint density at radius 1 is 1.17 bits per heavy atom. The highest BCUT2D eigenvalue weighted by atomic mass is 16.5. The van der Waals surface area contributed by atoms with Crippen molar-refractivity contribution in [2.24, 2.45) is 0 Å². The average molecular weight is 244 g/mol. The maximum atomic E-state index is 11.7. The minimum Gasteiger partial charge on any atom is -0.478 e. The molecule has 0 heterocycles. The second-order valence-electron chi connectivity index (χ2n) is 3.73. The molecule has 0 saturated heterocycles. The minimum absolute atomic E-state index is 0.00782. The largest absolute Gasteiger partial charge is 0.478 e. The molecule has 0 bridgehead atoms. The zero-order valence-electron chi connectivity index (χ0n) is 9.84. The molecule has 2 rings (SSSR count). The zero-order valence-corrected chi connectivity index (χ0v) is 9.84. The molecule has 0 radical (unpaired) electrons. The van der Waals surface area contributed by atoms with Crippen LogP contribution in [0.15, 0.2) is 36.4 Å². The third-order valence-corrected chi connectivity index (χ3v) is 2.64. The van der Waals surface area contributed by atoms with Gasteiger partial charge in [0.1, 0.15) is 0 Å². The van der Waals surface area contributed by atoms with Crippen LogP contribution in [-0.4, -0.2) is 23.7 Å². The van der Waals surface area contributed by atoms with Gasteiger partial charge < -0.3 is 9.84 Å². The molecule has 4 heteroatoms. The van der Waals surface area contributed by atoms with Crippen LogP contribution in [0.25, 0.3) is 10.8 Å². The van der Waals surface area contributed by atoms with Gasteiger partial charge >= 0.3 is 11.9 Å². The summed E-state index contributed by atoms with van der Waals surface area (Å²) in [6, 6.07) is 10.2. The van der Waals surface area contributed by atoms with Gasteiger partial charge in [0.05, 0.1) is 17.7 Å². The molecule has 0 aliphatic heterocycles. The number of rotatable bonds is 3. The summed E-state index contributed by atoms with van der Waals surface area (Å²) in [6.45, 7) is 1.89. The molecule has 0 aliphatic rings. The SMILES string of the molecule is CCOC(=O)c1ccc2ccccc2c1C(=O)O. The fourth-order valence-electron chi connectivity index (χ4n) is 1.88. The van der Waals surface area contributed by atoms with E-state index in [1.54, 1.807) is 31.2 Å². The summed E-state index contributed by atoms with van der Waals surface area (Å²) >= 11 is 0. The van der Waals surface area contributed by atoms with Gasteiger partial charge in [0, 0.05) is 0 Å². The molecule has 1 N–H and O–H groups in total. The first-order valence-corrected chi connectivity index (χ1v) is 5.57. The van der Waals surface area contributed by atoms with E-state index in [2.05, 4.69) is 0 Å². The molecule has 0 unspecified atom stereocenters. The third kappa shape index (κ3) is 2.05. The van der Waals surface area contributed by atoms with Gasteiger partial charge in [0.15, 0.2) is 0 Å². The summed E-state index contributed by atoms with van der Waals surface area (Å²) in [4.78, 5) is 23.1. The van der Waals surface area contributed by atoms with Crippen molar-refractivity contribution in [1.82, 2.24) is 0 Å². The molecule has 0 fully saturated rings. The number of hydrogen-bond acceptors (Lipinski definition) is 3. The van der Waals surface area contributed by atoms with Crippen LogP contribution in [0.3, 0.4) is 0 Å². The predicted molar refractivity (Wildman–Crippen MR) is 66.9 cm³/mol. The van der Waals surface area contributed by atoms with Crippen LogP contribution in [0.4, 0.5) is 0 Å². The Morgan fingerprint density at radius 2 is 1.89 bits per heavy atom. The monoisotopic (exact) mass is 244 g/mol. The Balaban J connectivity index is 2.70. The van der Waals surface area contributed by atoms with E-state index in [0.29, 0.717) is 5.39 Å². The molecule has 92 valence electrons. The number of esters is 1. The van der Waals surface area contributed by atoms with Crippen molar-refractivity contribution in [1.29, 1.82) is 0 Å². The van der Waals surface area contributed by atoms with E-state index < -0.39 is 11.9 Å². The molecule has 0 amide bonds. The van der Waals surface area contributed by atoms with Gasteiger partial charge in [-0.3, -0.25) is 0 Å². The first kappa shape index (κ1) is 12.1. The van der Waals surface area contributed by atoms with E-state index in [4.69, 9.17) is 4.74 Å². The van der Waals surface area contributed by atoms with Gasteiger partial charge in [-0.1, -0.05) is 30.3 Å². The summed E-state index contributed by atoms with van der Waals surface area (Å²) in [6.07, 6.45) is 0. The lowest BCUT2D eigenvalue weighted by Crippen LogP contribution is -2.12. The molecule has 0 aromatic heterocycles. The number of fused-ring (bicyclic) bond motifs is 1. The fraction of sp³-hybridized carbons (Fsp3) is 0.143. The van der Waals surface area contributed by atoms with Gasteiger partial charge in [-0.15, -0.1) is 0 Å². The second-order valence-corrected chi connectivity index (χ2v) is 3.73. The van der Waals surface area contributed by atoms with Gasteiger partial charge in [0.2, 0.25) is 0 Å². The first-order valence-electron chi connectivity index (χ1n) is 5.57. The lowest BCUT2D eigenvalue weighted by molar-refractivity contribution is 0.0515. The van der Waals surface area contributed by atoms with Crippen LogP contribution in [0.1, 0.15) is 27.6 Å². The number of carbonyl (C=O) groups excluding carboxylic acids is 1. The molecule has 0 spiro atoms. The summed E-state index contributed by atoms with van der Waals surface area (Å²) in [5.74, 6) is -1.74. The Bertz CT molecular complexity index is 616. The van der Waals surface area contributed by atoms with Crippen molar-refractivity contribution < 1.29 is 19.4 Å². The number of carboxylic acids is 1. The summed E-state index contributed by atoms with van der Waals surface area (Å²) < 4.78 is 4.87. The Morgan fingerprint density at radius 3 is 2.56 bits per heavy atom. The van der Waals surface area contributed by atoms with Crippen LogP contribution in [0.2, 0.25) is 0 Å². The molecule has 0 saturated carbocycles. The topological polar surface area (TPSA) is 63.6 Å². The van der Waals surface area contributed by atoms with E-state index in [1.165, 1.54) is 6.07 Å². The molecule has 18 heavy (non-hydrogen) atoms. The van der Waals surface area contributed by atoms with Crippen LogP contribution >= 0.6 is 0 Å². The van der Waals surface area contributed by atoms with Crippen LogP contribution in [0.5, 0.6) is 0 Å². The highest BCUT2D eigenvalue weighted by molar-refractivity contribution is 6.12. The summed E-state index contributed by atoms with van der Waals surface area (Å²) in [7, 11) is 0. The summed E-state index contributed by atoms with van der Waals surface area (Å²) in [5.41, 5.74) is 0.0783. The molecule has 0 aliphatic carbocycles. The number of aromatic carboxylic acids is 1. The average Bonchev–Trinajstić information content (AvgIpc) is 2.37. The number of ether oxygens (including phenoxy) is 1. The molecule has 2 aromatic carbocycles. The van der Waals surface area contributed by atoms with Gasteiger partial charge in [-0.05, 0) is 23.8 Å². The summed E-state index contributed by atoms with van der Waals surface area (Å²) in [5, 5.41) is 10.6. The quantitative estimate of drug-likeness (QED) is 0.843. The van der Waals surface area contributed by atoms with Crippen molar-refractivity contribution >= 4 is 22.7 Å². The molecule has 0 atom stereocenters. The Kier molecular flexibility index (Phi) is 3.28. The smallest absolute Gasteiger partial charge is 0.339 e. The predicted octanol–water partition coefficient (Wildman–Crippen LogP) is 2.71. The minimum atomic E-state index is -1.13. The lowest BCUT2D eigenvalue weighted by Gasteiger charge is -2.08. The van der Waals surface area contributed by atoms with E-state index in [9.17, 15) is 14.7 Å². The van der Waals surface area contributed by atoms with Crippen LogP contribution in [0, 0.1) is 0 Å². The maximum absolute atomic E-state index is 11.7. The van der Waals surface area contributed by atoms with Crippen LogP contribution < -0.4 is 0 Å². The van der Waals surface area contributed by atoms with Crippen molar-refractivity contribution in [2.75, 3.05) is 6.61 Å². The van der Waals surface area contributed by atoms with Crippen molar-refractivity contribution in [3.8, 4) is 0 Å². The van der Waals surface area contributed by atoms with Crippen LogP contribution in [-0.2, 0) is 4.74 Å². The van der Waals surface area contributed by atoms with Gasteiger partial charge in [-0.25, -0.2) is 9.59 Å². The van der Waals surface area contributed by atoms with E-state index in [-0.39, 0.29) is 17.7 Å². The highest BCUT2D eigenvalue weighted by Gasteiger charge is 2.20.